The van der Waals surface area contributed by atoms with Crippen LogP contribution in [0.1, 0.15) is 19.8 Å². The van der Waals surface area contributed by atoms with Crippen molar-refractivity contribution >= 4 is 5.91 Å². The zero-order valence-corrected chi connectivity index (χ0v) is 6.67. The van der Waals surface area contributed by atoms with E-state index in [9.17, 15) is 4.79 Å². The van der Waals surface area contributed by atoms with E-state index in [1.807, 2.05) is 6.92 Å². The van der Waals surface area contributed by atoms with E-state index in [0.29, 0.717) is 6.04 Å². The molecule has 11 heavy (non-hydrogen) atoms. The SMILES string of the molecule is CCO[C@@H]1C[C@@H]2C[C@H]1C(=O)N2. The smallest absolute Gasteiger partial charge is 0.226 e. The normalized spacial score (nSPS) is 41.2. The number of amides is 1. The van der Waals surface area contributed by atoms with Gasteiger partial charge in [0, 0.05) is 12.6 Å². The van der Waals surface area contributed by atoms with Crippen molar-refractivity contribution in [2.45, 2.75) is 31.9 Å². The summed E-state index contributed by atoms with van der Waals surface area (Å²) < 4.78 is 5.45. The second-order valence-electron chi connectivity index (χ2n) is 3.28. The maximum absolute atomic E-state index is 11.1. The van der Waals surface area contributed by atoms with Crippen molar-refractivity contribution in [3.8, 4) is 0 Å². The lowest BCUT2D eigenvalue weighted by atomic mass is 10.1. The lowest BCUT2D eigenvalue weighted by Gasteiger charge is -2.21. The number of piperidine rings is 1. The molecule has 62 valence electrons. The second kappa shape index (κ2) is 2.48. The Labute approximate surface area is 66.1 Å². The van der Waals surface area contributed by atoms with Crippen LogP contribution >= 0.6 is 0 Å². The summed E-state index contributed by atoms with van der Waals surface area (Å²) >= 11 is 0. The number of fused-ring (bicyclic) bond motifs is 2. The summed E-state index contributed by atoms with van der Waals surface area (Å²) in [4.78, 5) is 11.1. The van der Waals surface area contributed by atoms with Crippen molar-refractivity contribution in [1.82, 2.24) is 5.32 Å². The Hall–Kier alpha value is -0.570. The largest absolute Gasteiger partial charge is 0.378 e. The van der Waals surface area contributed by atoms with Crippen molar-refractivity contribution in [2.24, 2.45) is 5.92 Å². The standard InChI is InChI=1S/C8H13NO2/c1-2-11-7-4-5-3-6(7)8(10)9-5/h5-7H,2-4H2,1H3,(H,9,10)/t5-,6+,7+/m0/s1. The summed E-state index contributed by atoms with van der Waals surface area (Å²) in [7, 11) is 0. The van der Waals surface area contributed by atoms with Crippen LogP contribution in [0.2, 0.25) is 0 Å². The third-order valence-electron chi connectivity index (χ3n) is 2.57. The fourth-order valence-corrected chi connectivity index (χ4v) is 2.10. The number of hydrogen-bond acceptors (Lipinski definition) is 2. The van der Waals surface area contributed by atoms with E-state index in [4.69, 9.17) is 4.74 Å². The number of rotatable bonds is 2. The van der Waals surface area contributed by atoms with Gasteiger partial charge in [-0.25, -0.2) is 0 Å². The van der Waals surface area contributed by atoms with Crippen LogP contribution in [0.3, 0.4) is 0 Å². The lowest BCUT2D eigenvalue weighted by Crippen LogP contribution is -2.39. The first-order valence-electron chi connectivity index (χ1n) is 4.23. The molecule has 0 radical (unpaired) electrons. The summed E-state index contributed by atoms with van der Waals surface area (Å²) in [5, 5.41) is 2.92. The van der Waals surface area contributed by atoms with Gasteiger partial charge in [0.25, 0.3) is 0 Å². The molecule has 1 saturated carbocycles. The number of ether oxygens (including phenoxy) is 1. The van der Waals surface area contributed by atoms with Gasteiger partial charge in [-0.1, -0.05) is 0 Å². The average Bonchev–Trinajstić information content (AvgIpc) is 2.46. The van der Waals surface area contributed by atoms with E-state index in [-0.39, 0.29) is 17.9 Å². The molecular formula is C8H13NO2. The lowest BCUT2D eigenvalue weighted by molar-refractivity contribution is -0.128. The van der Waals surface area contributed by atoms with Gasteiger partial charge in [0.05, 0.1) is 12.0 Å². The summed E-state index contributed by atoms with van der Waals surface area (Å²) in [6.45, 7) is 2.70. The predicted octanol–water partition coefficient (Wildman–Crippen LogP) is 0.300. The third kappa shape index (κ3) is 1.03. The molecule has 1 N–H and O–H groups in total. The van der Waals surface area contributed by atoms with Gasteiger partial charge >= 0.3 is 0 Å². The molecule has 2 fully saturated rings. The average molecular weight is 155 g/mol. The Morgan fingerprint density at radius 2 is 2.45 bits per heavy atom. The van der Waals surface area contributed by atoms with E-state index >= 15 is 0 Å². The van der Waals surface area contributed by atoms with Crippen LogP contribution in [-0.2, 0) is 9.53 Å². The van der Waals surface area contributed by atoms with Gasteiger partial charge in [-0.2, -0.15) is 0 Å². The van der Waals surface area contributed by atoms with Crippen LogP contribution in [0, 0.1) is 5.92 Å². The number of carbonyl (C=O) groups is 1. The topological polar surface area (TPSA) is 38.3 Å². The van der Waals surface area contributed by atoms with E-state index in [2.05, 4.69) is 5.32 Å². The Bertz CT molecular complexity index is 181. The number of hydrogen-bond donors (Lipinski definition) is 1. The van der Waals surface area contributed by atoms with Crippen molar-refractivity contribution in [1.29, 1.82) is 0 Å². The summed E-state index contributed by atoms with van der Waals surface area (Å²) in [5.74, 6) is 0.347. The maximum atomic E-state index is 11.1. The molecule has 1 saturated heterocycles. The molecule has 0 aromatic carbocycles. The maximum Gasteiger partial charge on any atom is 0.226 e. The molecule has 0 spiro atoms. The molecule has 1 heterocycles. The highest BCUT2D eigenvalue weighted by atomic mass is 16.5. The van der Waals surface area contributed by atoms with Crippen LogP contribution in [0.5, 0.6) is 0 Å². The Morgan fingerprint density at radius 3 is 3.00 bits per heavy atom. The molecule has 3 atom stereocenters. The molecule has 0 unspecified atom stereocenters. The van der Waals surface area contributed by atoms with Gasteiger partial charge in [-0.15, -0.1) is 0 Å². The third-order valence-corrected chi connectivity index (χ3v) is 2.57. The second-order valence-corrected chi connectivity index (χ2v) is 3.28. The van der Waals surface area contributed by atoms with Crippen LogP contribution in [0.15, 0.2) is 0 Å². The van der Waals surface area contributed by atoms with Crippen LogP contribution < -0.4 is 5.32 Å². The fourth-order valence-electron chi connectivity index (χ4n) is 2.10. The molecule has 0 aromatic heterocycles. The minimum atomic E-state index is 0.153. The van der Waals surface area contributed by atoms with Crippen molar-refractivity contribution in [3.05, 3.63) is 0 Å². The number of nitrogens with one attached hydrogen (secondary N) is 1. The van der Waals surface area contributed by atoms with E-state index in [1.54, 1.807) is 0 Å². The molecule has 2 aliphatic rings. The highest BCUT2D eigenvalue weighted by Crippen LogP contribution is 2.34. The van der Waals surface area contributed by atoms with Crippen LogP contribution in [-0.4, -0.2) is 24.7 Å². The zero-order chi connectivity index (χ0) is 7.84. The van der Waals surface area contributed by atoms with Gasteiger partial charge in [0.1, 0.15) is 0 Å². The van der Waals surface area contributed by atoms with E-state index in [0.717, 1.165) is 19.4 Å². The van der Waals surface area contributed by atoms with Gasteiger partial charge in [-0.3, -0.25) is 4.79 Å². The van der Waals surface area contributed by atoms with Crippen LogP contribution in [0.25, 0.3) is 0 Å². The molecule has 0 aromatic rings. The van der Waals surface area contributed by atoms with Crippen molar-refractivity contribution < 1.29 is 9.53 Å². The Morgan fingerprint density at radius 1 is 1.64 bits per heavy atom. The summed E-state index contributed by atoms with van der Waals surface area (Å²) in [6, 6.07) is 0.407. The summed E-state index contributed by atoms with van der Waals surface area (Å²) in [5.41, 5.74) is 0. The van der Waals surface area contributed by atoms with Crippen molar-refractivity contribution in [2.75, 3.05) is 6.61 Å². The molecule has 3 heteroatoms. The quantitative estimate of drug-likeness (QED) is 0.623. The van der Waals surface area contributed by atoms with Gasteiger partial charge < -0.3 is 10.1 Å². The molecule has 2 bridgehead atoms. The van der Waals surface area contributed by atoms with Crippen molar-refractivity contribution in [3.63, 3.8) is 0 Å². The minimum Gasteiger partial charge on any atom is -0.378 e. The van der Waals surface area contributed by atoms with Gasteiger partial charge in [0.2, 0.25) is 5.91 Å². The first-order valence-corrected chi connectivity index (χ1v) is 4.23. The molecule has 3 nitrogen and oxygen atoms in total. The minimum absolute atomic E-state index is 0.153. The zero-order valence-electron chi connectivity index (χ0n) is 6.67. The molecule has 1 amide bonds. The molecular weight excluding hydrogens is 142 g/mol. The highest BCUT2D eigenvalue weighted by Gasteiger charge is 2.45. The van der Waals surface area contributed by atoms with Gasteiger partial charge in [0.15, 0.2) is 0 Å². The first kappa shape index (κ1) is 7.10. The Balaban J connectivity index is 2.01. The van der Waals surface area contributed by atoms with E-state index < -0.39 is 0 Å². The summed E-state index contributed by atoms with van der Waals surface area (Å²) in [6.07, 6.45) is 2.21. The molecule has 1 aliphatic carbocycles. The predicted molar refractivity (Wildman–Crippen MR) is 40.1 cm³/mol. The van der Waals surface area contributed by atoms with Crippen LogP contribution in [0.4, 0.5) is 0 Å². The molecule has 1 aliphatic heterocycles. The fraction of sp³-hybridized carbons (Fsp3) is 0.875. The van der Waals surface area contributed by atoms with Gasteiger partial charge in [-0.05, 0) is 19.8 Å². The first-order chi connectivity index (χ1) is 5.31. The Kier molecular flexibility index (Phi) is 1.60. The van der Waals surface area contributed by atoms with E-state index in [1.165, 1.54) is 0 Å². The monoisotopic (exact) mass is 155 g/mol. The highest BCUT2D eigenvalue weighted by molar-refractivity contribution is 5.83. The molecule has 2 rings (SSSR count). The number of carbonyl (C=O) groups excluding carboxylic acids is 1.